The fourth-order valence-electron chi connectivity index (χ4n) is 7.67. The van der Waals surface area contributed by atoms with Gasteiger partial charge in [-0.25, -0.2) is 0 Å². The summed E-state index contributed by atoms with van der Waals surface area (Å²) >= 11 is 0. The van der Waals surface area contributed by atoms with E-state index >= 15 is 0 Å². The summed E-state index contributed by atoms with van der Waals surface area (Å²) in [6.07, 6.45) is 6.10. The van der Waals surface area contributed by atoms with Crippen molar-refractivity contribution in [1.82, 2.24) is 4.90 Å². The van der Waals surface area contributed by atoms with E-state index in [1.165, 1.54) is 4.90 Å². The van der Waals surface area contributed by atoms with Crippen LogP contribution in [0.4, 0.5) is 0 Å². The van der Waals surface area contributed by atoms with E-state index in [0.29, 0.717) is 24.8 Å². The molecule has 8 atom stereocenters. The Morgan fingerprint density at radius 1 is 1.00 bits per heavy atom. The number of hydrogen-bond donors (Lipinski definition) is 2. The molecule has 1 saturated heterocycles. The number of Topliss-reactive ketones (excluding diaryl/α,β-unsaturated/α-hetero) is 1. The highest BCUT2D eigenvalue weighted by Crippen LogP contribution is 2.61. The van der Waals surface area contributed by atoms with Crippen molar-refractivity contribution >= 4 is 17.6 Å². The monoisotopic (exact) mass is 555 g/mol. The molecule has 0 bridgehead atoms. The maximum Gasteiger partial charge on any atom is 0.260 e. The Morgan fingerprint density at radius 2 is 1.63 bits per heavy atom. The number of rotatable bonds is 3. The number of benzene rings is 2. The van der Waals surface area contributed by atoms with E-state index in [9.17, 15) is 24.6 Å². The molecule has 0 aromatic heterocycles. The SMILES string of the molecule is C/C1=C\[C@@H](C)C/C=C/[C@H]2[C@H](O)[C@](C)(O)[C@@H](C)[C@H]3[C@H](Cc4ccccc4)N(C(=O)c4ccccc4)C(=O)[C@]32C(=O)CC1. The fourth-order valence-corrected chi connectivity index (χ4v) is 7.67. The molecule has 2 aliphatic carbocycles. The quantitative estimate of drug-likeness (QED) is 0.310. The van der Waals surface area contributed by atoms with Crippen LogP contribution in [0.5, 0.6) is 0 Å². The van der Waals surface area contributed by atoms with Crippen molar-refractivity contribution in [2.75, 3.05) is 0 Å². The van der Waals surface area contributed by atoms with E-state index in [4.69, 9.17) is 0 Å². The van der Waals surface area contributed by atoms with Gasteiger partial charge in [-0.3, -0.25) is 19.3 Å². The molecule has 2 fully saturated rings. The third-order valence-electron chi connectivity index (χ3n) is 9.93. The standard InChI is InChI=1S/C35H41NO5/c1-22-12-11-17-27-31(38)34(4,41)24(3)30-28(21-25-13-7-5-8-14-25)36(32(39)26-15-9-6-10-16-26)33(40)35(27,30)29(37)19-18-23(2)20-22/h5-11,13-17,20,22,24,27-28,30-31,38,41H,12,18-19,21H2,1-4H3/b17-11+,23-20+/t22-,24-,27-,28-,30-,31-,34+,35+/m0/s1. The lowest BCUT2D eigenvalue weighted by Crippen LogP contribution is -2.67. The van der Waals surface area contributed by atoms with E-state index < -0.39 is 52.7 Å². The highest BCUT2D eigenvalue weighted by atomic mass is 16.3. The predicted octanol–water partition coefficient (Wildman–Crippen LogP) is 5.15. The topological polar surface area (TPSA) is 94.9 Å². The van der Waals surface area contributed by atoms with E-state index in [1.54, 1.807) is 37.3 Å². The molecule has 6 nitrogen and oxygen atoms in total. The molecule has 2 N–H and O–H groups in total. The van der Waals surface area contributed by atoms with Gasteiger partial charge in [-0.2, -0.15) is 0 Å². The number of aliphatic hydroxyl groups excluding tert-OH is 1. The molecular weight excluding hydrogens is 514 g/mol. The largest absolute Gasteiger partial charge is 0.389 e. The van der Waals surface area contributed by atoms with Crippen molar-refractivity contribution in [1.29, 1.82) is 0 Å². The van der Waals surface area contributed by atoms with Crippen molar-refractivity contribution in [3.8, 4) is 0 Å². The lowest BCUT2D eigenvalue weighted by molar-refractivity contribution is -0.199. The van der Waals surface area contributed by atoms with Crippen LogP contribution in [0.2, 0.25) is 0 Å². The van der Waals surface area contributed by atoms with Crippen molar-refractivity contribution in [3.63, 3.8) is 0 Å². The number of allylic oxidation sites excluding steroid dienone is 3. The summed E-state index contributed by atoms with van der Waals surface area (Å²) in [7, 11) is 0. The molecular formula is C35H41NO5. The van der Waals surface area contributed by atoms with Gasteiger partial charge in [0.1, 0.15) is 11.2 Å². The molecule has 6 heteroatoms. The summed E-state index contributed by atoms with van der Waals surface area (Å²) in [5.74, 6) is -3.41. The number of amides is 2. The molecule has 3 aliphatic rings. The van der Waals surface area contributed by atoms with Gasteiger partial charge in [0.25, 0.3) is 5.91 Å². The van der Waals surface area contributed by atoms with Gasteiger partial charge < -0.3 is 10.2 Å². The lowest BCUT2D eigenvalue weighted by atomic mass is 9.49. The van der Waals surface area contributed by atoms with Crippen LogP contribution in [0.1, 0.15) is 62.9 Å². The molecule has 41 heavy (non-hydrogen) atoms. The van der Waals surface area contributed by atoms with E-state index in [-0.39, 0.29) is 18.1 Å². The first-order valence-corrected chi connectivity index (χ1v) is 14.8. The second-order valence-electron chi connectivity index (χ2n) is 12.6. The highest BCUT2D eigenvalue weighted by Gasteiger charge is 2.74. The third-order valence-corrected chi connectivity index (χ3v) is 9.93. The molecule has 0 radical (unpaired) electrons. The predicted molar refractivity (Wildman–Crippen MR) is 158 cm³/mol. The average Bonchev–Trinajstić information content (AvgIpc) is 3.20. The van der Waals surface area contributed by atoms with Gasteiger partial charge in [0.2, 0.25) is 5.91 Å². The summed E-state index contributed by atoms with van der Waals surface area (Å²) in [6, 6.07) is 17.6. The van der Waals surface area contributed by atoms with Crippen molar-refractivity contribution < 1.29 is 24.6 Å². The fraction of sp³-hybridized carbons (Fsp3) is 0.457. The second kappa shape index (κ2) is 11.1. The molecule has 216 valence electrons. The van der Waals surface area contributed by atoms with Crippen molar-refractivity contribution in [2.45, 2.75) is 71.1 Å². The minimum absolute atomic E-state index is 0.120. The number of carbonyl (C=O) groups excluding carboxylic acids is 3. The van der Waals surface area contributed by atoms with Gasteiger partial charge in [-0.05, 0) is 62.6 Å². The van der Waals surface area contributed by atoms with Crippen LogP contribution in [0, 0.1) is 29.1 Å². The molecule has 2 aromatic rings. The Hall–Kier alpha value is -3.35. The van der Waals surface area contributed by atoms with E-state index in [1.807, 2.05) is 56.3 Å². The summed E-state index contributed by atoms with van der Waals surface area (Å²) in [5.41, 5.74) is -0.919. The molecule has 1 spiro atoms. The zero-order chi connectivity index (χ0) is 29.5. The normalized spacial score (nSPS) is 37.8. The average molecular weight is 556 g/mol. The molecule has 2 amide bonds. The molecule has 1 heterocycles. The maximum absolute atomic E-state index is 15.0. The van der Waals surface area contributed by atoms with Crippen LogP contribution in [0.15, 0.2) is 84.5 Å². The minimum Gasteiger partial charge on any atom is -0.389 e. The lowest BCUT2D eigenvalue weighted by Gasteiger charge is -2.54. The van der Waals surface area contributed by atoms with Crippen LogP contribution in [0.3, 0.4) is 0 Å². The first-order chi connectivity index (χ1) is 19.5. The molecule has 0 unspecified atom stereocenters. The number of aliphatic hydroxyl groups is 2. The Morgan fingerprint density at radius 3 is 2.29 bits per heavy atom. The Bertz CT molecular complexity index is 1360. The van der Waals surface area contributed by atoms with Gasteiger partial charge >= 0.3 is 0 Å². The van der Waals surface area contributed by atoms with Crippen LogP contribution < -0.4 is 0 Å². The zero-order valence-corrected chi connectivity index (χ0v) is 24.4. The maximum atomic E-state index is 15.0. The Kier molecular flexibility index (Phi) is 7.92. The van der Waals surface area contributed by atoms with Gasteiger partial charge in [-0.1, -0.05) is 86.2 Å². The van der Waals surface area contributed by atoms with E-state index in [2.05, 4.69) is 13.0 Å². The Balaban J connectivity index is 1.75. The highest BCUT2D eigenvalue weighted by molar-refractivity contribution is 6.17. The molecule has 5 rings (SSSR count). The molecule has 1 saturated carbocycles. The third kappa shape index (κ3) is 4.81. The summed E-state index contributed by atoms with van der Waals surface area (Å²) in [4.78, 5) is 45.1. The van der Waals surface area contributed by atoms with Crippen LogP contribution in [-0.2, 0) is 16.0 Å². The van der Waals surface area contributed by atoms with Gasteiger partial charge in [0, 0.05) is 29.9 Å². The number of likely N-dealkylation sites (tertiary alicyclic amines) is 1. The Labute approximate surface area is 242 Å². The summed E-state index contributed by atoms with van der Waals surface area (Å²) < 4.78 is 0. The summed E-state index contributed by atoms with van der Waals surface area (Å²) in [5, 5.41) is 23.6. The van der Waals surface area contributed by atoms with Crippen LogP contribution in [-0.4, -0.2) is 50.5 Å². The first-order valence-electron chi connectivity index (χ1n) is 14.8. The number of carbonyl (C=O) groups is 3. The second-order valence-corrected chi connectivity index (χ2v) is 12.6. The smallest absolute Gasteiger partial charge is 0.260 e. The number of ketones is 1. The zero-order valence-electron chi connectivity index (χ0n) is 24.4. The number of imide groups is 1. The van der Waals surface area contributed by atoms with Crippen molar-refractivity contribution in [3.05, 3.63) is 95.6 Å². The van der Waals surface area contributed by atoms with Crippen molar-refractivity contribution in [2.24, 2.45) is 29.1 Å². The number of nitrogens with zero attached hydrogens (tertiary/aromatic N) is 1. The first kappa shape index (κ1) is 29.2. The van der Waals surface area contributed by atoms with Gasteiger partial charge in [-0.15, -0.1) is 0 Å². The van der Waals surface area contributed by atoms with Gasteiger partial charge in [0.05, 0.1) is 11.7 Å². The molecule has 1 aliphatic heterocycles. The van der Waals surface area contributed by atoms with Crippen LogP contribution >= 0.6 is 0 Å². The van der Waals surface area contributed by atoms with Gasteiger partial charge in [0.15, 0.2) is 0 Å². The minimum atomic E-state index is -1.69. The summed E-state index contributed by atoms with van der Waals surface area (Å²) in [6.45, 7) is 7.50. The van der Waals surface area contributed by atoms with Crippen LogP contribution in [0.25, 0.3) is 0 Å². The van der Waals surface area contributed by atoms with E-state index in [0.717, 1.165) is 11.1 Å². The molecule has 2 aromatic carbocycles. The number of hydrogen-bond acceptors (Lipinski definition) is 5.